The van der Waals surface area contributed by atoms with Crippen LogP contribution in [-0.2, 0) is 0 Å². The molecule has 104 valence electrons. The van der Waals surface area contributed by atoms with Crippen molar-refractivity contribution in [2.75, 3.05) is 0 Å². The Hall–Kier alpha value is -1.65. The van der Waals surface area contributed by atoms with Gasteiger partial charge in [0.05, 0.1) is 0 Å². The fourth-order valence-electron chi connectivity index (χ4n) is 2.44. The molecule has 2 aromatic carbocycles. The van der Waals surface area contributed by atoms with Gasteiger partial charge in [-0.1, -0.05) is 17.7 Å². The summed E-state index contributed by atoms with van der Waals surface area (Å²) in [6.07, 6.45) is 0.0470. The maximum absolute atomic E-state index is 13.4. The van der Waals surface area contributed by atoms with Gasteiger partial charge in [-0.15, -0.1) is 0 Å². The Bertz CT molecular complexity index is 642. The lowest BCUT2D eigenvalue weighted by Gasteiger charge is -2.30. The van der Waals surface area contributed by atoms with Gasteiger partial charge in [-0.2, -0.15) is 0 Å². The third kappa shape index (κ3) is 2.49. The van der Waals surface area contributed by atoms with Crippen LogP contribution in [0.3, 0.4) is 0 Å². The summed E-state index contributed by atoms with van der Waals surface area (Å²) >= 11 is 5.84. The summed E-state index contributed by atoms with van der Waals surface area (Å²) in [4.78, 5) is 0. The zero-order valence-corrected chi connectivity index (χ0v) is 11.2. The normalized spacial score (nSPS) is 21.2. The molecule has 0 bridgehead atoms. The average Bonchev–Trinajstić information content (AvgIpc) is 2.36. The van der Waals surface area contributed by atoms with Crippen molar-refractivity contribution in [2.45, 2.75) is 18.6 Å². The maximum atomic E-state index is 13.4. The summed E-state index contributed by atoms with van der Waals surface area (Å²) in [5.74, 6) is -0.433. The molecule has 20 heavy (non-hydrogen) atoms. The standard InChI is InChI=1S/C15H12ClF2NO/c16-9-3-8(4-11(18)5-9)14-7-13(19)12-2-1-10(17)6-15(12)20-14/h1-6,13-14H,7,19H2/t13-,14?/m0/s1. The van der Waals surface area contributed by atoms with Crippen molar-refractivity contribution in [3.8, 4) is 5.75 Å². The Morgan fingerprint density at radius 2 is 1.90 bits per heavy atom. The van der Waals surface area contributed by atoms with Gasteiger partial charge in [0.2, 0.25) is 0 Å². The number of hydrogen-bond donors (Lipinski definition) is 1. The van der Waals surface area contributed by atoms with E-state index in [1.54, 1.807) is 12.1 Å². The van der Waals surface area contributed by atoms with Crippen LogP contribution < -0.4 is 10.5 Å². The molecule has 2 nitrogen and oxygen atoms in total. The number of benzene rings is 2. The maximum Gasteiger partial charge on any atom is 0.127 e. The van der Waals surface area contributed by atoms with E-state index in [2.05, 4.69) is 0 Å². The molecule has 1 aliphatic rings. The summed E-state index contributed by atoms with van der Waals surface area (Å²) in [6.45, 7) is 0. The summed E-state index contributed by atoms with van der Waals surface area (Å²) in [5, 5.41) is 0.294. The Kier molecular flexibility index (Phi) is 3.36. The minimum absolute atomic E-state index is 0.286. The zero-order chi connectivity index (χ0) is 14.3. The number of nitrogens with two attached hydrogens (primary N) is 1. The molecule has 1 unspecified atom stereocenters. The van der Waals surface area contributed by atoms with Gasteiger partial charge < -0.3 is 10.5 Å². The SMILES string of the molecule is N[C@H]1CC(c2cc(F)cc(Cl)c2)Oc2cc(F)ccc21. The molecular formula is C15H12ClF2NO. The molecule has 1 aliphatic heterocycles. The highest BCUT2D eigenvalue weighted by atomic mass is 35.5. The van der Waals surface area contributed by atoms with Gasteiger partial charge in [-0.3, -0.25) is 0 Å². The second-order valence-electron chi connectivity index (χ2n) is 4.83. The molecule has 0 aromatic heterocycles. The van der Waals surface area contributed by atoms with Gasteiger partial charge in [0.1, 0.15) is 23.5 Å². The second-order valence-corrected chi connectivity index (χ2v) is 5.27. The number of halogens is 3. The fraction of sp³-hybridized carbons (Fsp3) is 0.200. The van der Waals surface area contributed by atoms with Crippen molar-refractivity contribution in [1.29, 1.82) is 0 Å². The molecule has 0 saturated carbocycles. The van der Waals surface area contributed by atoms with Crippen LogP contribution in [0, 0.1) is 11.6 Å². The lowest BCUT2D eigenvalue weighted by atomic mass is 9.93. The van der Waals surface area contributed by atoms with E-state index in [1.807, 2.05) is 0 Å². The van der Waals surface area contributed by atoms with Crippen molar-refractivity contribution in [2.24, 2.45) is 5.73 Å². The molecule has 0 aliphatic carbocycles. The van der Waals surface area contributed by atoms with Crippen molar-refractivity contribution < 1.29 is 13.5 Å². The average molecular weight is 296 g/mol. The van der Waals surface area contributed by atoms with E-state index in [9.17, 15) is 8.78 Å². The van der Waals surface area contributed by atoms with Crippen LogP contribution in [0.25, 0.3) is 0 Å². The van der Waals surface area contributed by atoms with Gasteiger partial charge in [-0.05, 0) is 29.8 Å². The Morgan fingerprint density at radius 3 is 2.65 bits per heavy atom. The molecular weight excluding hydrogens is 284 g/mol. The minimum atomic E-state index is -0.438. The van der Waals surface area contributed by atoms with E-state index in [4.69, 9.17) is 22.1 Å². The van der Waals surface area contributed by atoms with E-state index >= 15 is 0 Å². The van der Waals surface area contributed by atoms with Crippen LogP contribution >= 0.6 is 11.6 Å². The summed E-state index contributed by atoms with van der Waals surface area (Å²) < 4.78 is 32.4. The van der Waals surface area contributed by atoms with Gasteiger partial charge in [0.15, 0.2) is 0 Å². The summed E-state index contributed by atoms with van der Waals surface area (Å²) in [7, 11) is 0. The van der Waals surface area contributed by atoms with Crippen molar-refractivity contribution in [1.82, 2.24) is 0 Å². The largest absolute Gasteiger partial charge is 0.485 e. The predicted octanol–water partition coefficient (Wildman–Crippen LogP) is 4.14. The molecule has 0 fully saturated rings. The lowest BCUT2D eigenvalue weighted by molar-refractivity contribution is 0.160. The molecule has 3 rings (SSSR count). The molecule has 0 saturated heterocycles. The molecule has 2 N–H and O–H groups in total. The number of rotatable bonds is 1. The highest BCUT2D eigenvalue weighted by molar-refractivity contribution is 6.30. The van der Waals surface area contributed by atoms with Gasteiger partial charge in [0.25, 0.3) is 0 Å². The zero-order valence-electron chi connectivity index (χ0n) is 10.4. The van der Waals surface area contributed by atoms with E-state index in [0.29, 0.717) is 22.8 Å². The molecule has 0 spiro atoms. The van der Waals surface area contributed by atoms with Crippen LogP contribution in [0.2, 0.25) is 5.02 Å². The lowest BCUT2D eigenvalue weighted by Crippen LogP contribution is -2.24. The topological polar surface area (TPSA) is 35.2 Å². The molecule has 0 amide bonds. The quantitative estimate of drug-likeness (QED) is 0.858. The summed E-state index contributed by atoms with van der Waals surface area (Å²) in [5.41, 5.74) is 7.42. The minimum Gasteiger partial charge on any atom is -0.485 e. The molecule has 1 heterocycles. The monoisotopic (exact) mass is 295 g/mol. The fourth-order valence-corrected chi connectivity index (χ4v) is 2.67. The number of ether oxygens (including phenoxy) is 1. The first-order valence-corrected chi connectivity index (χ1v) is 6.58. The van der Waals surface area contributed by atoms with E-state index in [-0.39, 0.29) is 6.04 Å². The molecule has 0 radical (unpaired) electrons. The Morgan fingerprint density at radius 1 is 1.10 bits per heavy atom. The van der Waals surface area contributed by atoms with Crippen molar-refractivity contribution in [3.63, 3.8) is 0 Å². The van der Waals surface area contributed by atoms with Crippen molar-refractivity contribution >= 4 is 11.6 Å². The first-order chi connectivity index (χ1) is 9.52. The van der Waals surface area contributed by atoms with Crippen LogP contribution in [0.15, 0.2) is 36.4 Å². The van der Waals surface area contributed by atoms with Crippen LogP contribution in [0.1, 0.15) is 29.7 Å². The second kappa shape index (κ2) is 5.04. The van der Waals surface area contributed by atoms with Crippen LogP contribution in [-0.4, -0.2) is 0 Å². The van der Waals surface area contributed by atoms with Crippen molar-refractivity contribution in [3.05, 3.63) is 64.2 Å². The van der Waals surface area contributed by atoms with E-state index < -0.39 is 17.7 Å². The first kappa shape index (κ1) is 13.3. The Balaban J connectivity index is 1.98. The third-order valence-corrected chi connectivity index (χ3v) is 3.59. The van der Waals surface area contributed by atoms with Gasteiger partial charge in [0, 0.05) is 29.1 Å². The molecule has 5 heteroatoms. The Labute approximate surface area is 120 Å². The highest BCUT2D eigenvalue weighted by Gasteiger charge is 2.27. The van der Waals surface area contributed by atoms with Crippen LogP contribution in [0.5, 0.6) is 5.75 Å². The third-order valence-electron chi connectivity index (χ3n) is 3.37. The number of fused-ring (bicyclic) bond motifs is 1. The van der Waals surface area contributed by atoms with Gasteiger partial charge >= 0.3 is 0 Å². The summed E-state index contributed by atoms with van der Waals surface area (Å²) in [6, 6.07) is 8.18. The first-order valence-electron chi connectivity index (χ1n) is 6.20. The van der Waals surface area contributed by atoms with E-state index in [0.717, 1.165) is 5.56 Å². The smallest absolute Gasteiger partial charge is 0.127 e. The highest BCUT2D eigenvalue weighted by Crippen LogP contribution is 2.40. The van der Waals surface area contributed by atoms with Crippen LogP contribution in [0.4, 0.5) is 8.78 Å². The molecule has 2 aromatic rings. The predicted molar refractivity (Wildman–Crippen MR) is 72.7 cm³/mol. The number of hydrogen-bond acceptors (Lipinski definition) is 2. The molecule has 2 atom stereocenters. The van der Waals surface area contributed by atoms with Gasteiger partial charge in [-0.25, -0.2) is 8.78 Å². The van der Waals surface area contributed by atoms with E-state index in [1.165, 1.54) is 24.3 Å².